The lowest BCUT2D eigenvalue weighted by atomic mass is 10.1. The number of aryl methyl sites for hydroxylation is 1. The molecule has 1 N–H and O–H groups in total. The summed E-state index contributed by atoms with van der Waals surface area (Å²) in [5.41, 5.74) is 6.43. The summed E-state index contributed by atoms with van der Waals surface area (Å²) in [4.78, 5) is 19.0. The summed E-state index contributed by atoms with van der Waals surface area (Å²) in [7, 11) is 2.22. The number of carbonyl (C=O) groups is 1. The molecule has 128 valence electrons. The van der Waals surface area contributed by atoms with Crippen LogP contribution in [0, 0.1) is 13.8 Å². The number of fused-ring (bicyclic) bond motifs is 1. The quantitative estimate of drug-likeness (QED) is 0.887. The molecule has 0 aliphatic carbocycles. The highest BCUT2D eigenvalue weighted by Crippen LogP contribution is 2.20. The molecule has 0 aromatic carbocycles. The molecule has 23 heavy (non-hydrogen) atoms. The fraction of sp³-hybridized carbons (Fsp3) is 0.706. The van der Waals surface area contributed by atoms with E-state index in [4.69, 9.17) is 0 Å². The van der Waals surface area contributed by atoms with E-state index < -0.39 is 0 Å². The van der Waals surface area contributed by atoms with Crippen LogP contribution in [0.4, 0.5) is 0 Å². The molecular formula is C17H29N5O. The minimum Gasteiger partial charge on any atom is -0.303 e. The van der Waals surface area contributed by atoms with Crippen molar-refractivity contribution in [3.8, 4) is 0 Å². The van der Waals surface area contributed by atoms with Crippen molar-refractivity contribution in [3.05, 3.63) is 23.0 Å². The first-order valence-electron chi connectivity index (χ1n) is 8.54. The first-order valence-corrected chi connectivity index (χ1v) is 8.54. The molecule has 0 spiro atoms. The van der Waals surface area contributed by atoms with Crippen molar-refractivity contribution < 1.29 is 4.79 Å². The zero-order valence-corrected chi connectivity index (χ0v) is 14.8. The zero-order chi connectivity index (χ0) is 16.6. The Morgan fingerprint density at radius 2 is 1.96 bits per heavy atom. The Balaban J connectivity index is 1.67. The second-order valence-corrected chi connectivity index (χ2v) is 7.09. The lowest BCUT2D eigenvalue weighted by molar-refractivity contribution is -0.115. The Morgan fingerprint density at radius 1 is 1.22 bits per heavy atom. The predicted octanol–water partition coefficient (Wildman–Crippen LogP) is 0.627. The summed E-state index contributed by atoms with van der Waals surface area (Å²) in [6, 6.07) is 2.85. The molecule has 6 heteroatoms. The molecule has 2 aliphatic heterocycles. The molecule has 1 aromatic rings. The van der Waals surface area contributed by atoms with E-state index in [0.717, 1.165) is 31.0 Å². The molecule has 1 amide bonds. The number of hydrogen-bond donors (Lipinski definition) is 1. The molecule has 3 heterocycles. The molecule has 0 bridgehead atoms. The van der Waals surface area contributed by atoms with Gasteiger partial charge in [-0.25, -0.2) is 0 Å². The Morgan fingerprint density at radius 3 is 2.70 bits per heavy atom. The minimum atomic E-state index is -0.0304. The summed E-state index contributed by atoms with van der Waals surface area (Å²) in [6.45, 7) is 13.6. The van der Waals surface area contributed by atoms with E-state index in [1.54, 1.807) is 6.92 Å². The number of nitrogens with zero attached hydrogens (tertiary/aromatic N) is 4. The van der Waals surface area contributed by atoms with Gasteiger partial charge in [-0.3, -0.25) is 24.7 Å². The SMILES string of the molecule is CC(=O)Nn1c(C)cc(CN2CCN3CCN(C)C[C@@H]3C2)c1C. The lowest BCUT2D eigenvalue weighted by Gasteiger charge is -2.46. The van der Waals surface area contributed by atoms with Crippen LogP contribution >= 0.6 is 0 Å². The molecule has 0 unspecified atom stereocenters. The number of rotatable bonds is 3. The predicted molar refractivity (Wildman–Crippen MR) is 92.1 cm³/mol. The number of piperazine rings is 2. The number of nitrogens with one attached hydrogen (secondary N) is 1. The Bertz CT molecular complexity index is 582. The van der Waals surface area contributed by atoms with Gasteiger partial charge >= 0.3 is 0 Å². The molecule has 0 saturated carbocycles. The average molecular weight is 319 g/mol. The summed E-state index contributed by atoms with van der Waals surface area (Å²) >= 11 is 0. The van der Waals surface area contributed by atoms with Crippen LogP contribution in [-0.4, -0.2) is 77.6 Å². The lowest BCUT2D eigenvalue weighted by Crippen LogP contribution is -2.61. The summed E-state index contributed by atoms with van der Waals surface area (Å²) < 4.78 is 1.91. The number of carbonyl (C=O) groups excluding carboxylic acids is 1. The normalized spacial score (nSPS) is 23.7. The first kappa shape index (κ1) is 16.5. The smallest absolute Gasteiger partial charge is 0.235 e. The number of amides is 1. The van der Waals surface area contributed by atoms with Crippen LogP contribution in [0.15, 0.2) is 6.07 Å². The van der Waals surface area contributed by atoms with Gasteiger partial charge in [0.15, 0.2) is 0 Å². The maximum Gasteiger partial charge on any atom is 0.235 e. The van der Waals surface area contributed by atoms with E-state index >= 15 is 0 Å². The Hall–Kier alpha value is -1.37. The second-order valence-electron chi connectivity index (χ2n) is 7.09. The Kier molecular flexibility index (Phi) is 4.75. The third-order valence-corrected chi connectivity index (χ3v) is 5.18. The van der Waals surface area contributed by atoms with Gasteiger partial charge in [-0.2, -0.15) is 0 Å². The van der Waals surface area contributed by atoms with Gasteiger partial charge < -0.3 is 4.90 Å². The van der Waals surface area contributed by atoms with Crippen molar-refractivity contribution >= 4 is 5.91 Å². The van der Waals surface area contributed by atoms with Crippen LogP contribution in [0.3, 0.4) is 0 Å². The first-order chi connectivity index (χ1) is 10.9. The van der Waals surface area contributed by atoms with Gasteiger partial charge in [-0.1, -0.05) is 0 Å². The van der Waals surface area contributed by atoms with E-state index in [-0.39, 0.29) is 5.91 Å². The molecule has 1 atom stereocenters. The van der Waals surface area contributed by atoms with E-state index in [9.17, 15) is 4.79 Å². The van der Waals surface area contributed by atoms with Gasteiger partial charge in [0, 0.05) is 70.2 Å². The van der Waals surface area contributed by atoms with Gasteiger partial charge in [0.2, 0.25) is 5.91 Å². The van der Waals surface area contributed by atoms with Crippen LogP contribution in [-0.2, 0) is 11.3 Å². The molecule has 0 radical (unpaired) electrons. The highest BCUT2D eigenvalue weighted by atomic mass is 16.2. The van der Waals surface area contributed by atoms with E-state index in [1.165, 1.54) is 31.7 Å². The van der Waals surface area contributed by atoms with Crippen LogP contribution < -0.4 is 5.43 Å². The highest BCUT2D eigenvalue weighted by Gasteiger charge is 2.31. The number of aromatic nitrogens is 1. The summed E-state index contributed by atoms with van der Waals surface area (Å²) in [5, 5.41) is 0. The molecule has 2 fully saturated rings. The molecule has 6 nitrogen and oxygen atoms in total. The topological polar surface area (TPSA) is 43.8 Å². The van der Waals surface area contributed by atoms with Gasteiger partial charge in [0.1, 0.15) is 0 Å². The van der Waals surface area contributed by atoms with Crippen LogP contribution in [0.5, 0.6) is 0 Å². The Labute approximate surface area is 139 Å². The third-order valence-electron chi connectivity index (χ3n) is 5.18. The van der Waals surface area contributed by atoms with Crippen molar-refractivity contribution in [1.82, 2.24) is 19.4 Å². The summed E-state index contributed by atoms with van der Waals surface area (Å²) in [6.07, 6.45) is 0. The molecule has 3 rings (SSSR count). The summed E-state index contributed by atoms with van der Waals surface area (Å²) in [5.74, 6) is -0.0304. The largest absolute Gasteiger partial charge is 0.303 e. The standard InChI is InChI=1S/C17H29N5O/c1-13-9-16(14(2)22(13)18-15(3)23)10-20-6-8-21-7-5-19(4)11-17(21)12-20/h9,17H,5-8,10-12H2,1-4H3,(H,18,23)/t17-/m1/s1. The van der Waals surface area contributed by atoms with Crippen molar-refractivity contribution in [2.24, 2.45) is 0 Å². The third kappa shape index (κ3) is 3.59. The van der Waals surface area contributed by atoms with Crippen LogP contribution in [0.2, 0.25) is 0 Å². The van der Waals surface area contributed by atoms with Gasteiger partial charge in [0.05, 0.1) is 0 Å². The van der Waals surface area contributed by atoms with Crippen molar-refractivity contribution in [2.45, 2.75) is 33.4 Å². The van der Waals surface area contributed by atoms with E-state index in [0.29, 0.717) is 6.04 Å². The average Bonchev–Trinajstić information content (AvgIpc) is 2.74. The monoisotopic (exact) mass is 319 g/mol. The van der Waals surface area contributed by atoms with Crippen molar-refractivity contribution in [1.29, 1.82) is 0 Å². The minimum absolute atomic E-state index is 0.0304. The zero-order valence-electron chi connectivity index (χ0n) is 14.8. The highest BCUT2D eigenvalue weighted by molar-refractivity contribution is 5.81. The molecule has 2 saturated heterocycles. The second kappa shape index (κ2) is 6.63. The fourth-order valence-electron chi connectivity index (χ4n) is 3.88. The van der Waals surface area contributed by atoms with E-state index in [2.05, 4.69) is 40.2 Å². The van der Waals surface area contributed by atoms with Crippen molar-refractivity contribution in [3.63, 3.8) is 0 Å². The number of hydrogen-bond acceptors (Lipinski definition) is 4. The number of likely N-dealkylation sites (N-methyl/N-ethyl adjacent to an activating group) is 1. The molecule has 2 aliphatic rings. The van der Waals surface area contributed by atoms with Gasteiger partial charge in [-0.15, -0.1) is 0 Å². The maximum atomic E-state index is 11.4. The van der Waals surface area contributed by atoms with Crippen molar-refractivity contribution in [2.75, 3.05) is 51.7 Å². The molecule has 1 aromatic heterocycles. The van der Waals surface area contributed by atoms with Gasteiger partial charge in [0.25, 0.3) is 0 Å². The van der Waals surface area contributed by atoms with Gasteiger partial charge in [-0.05, 0) is 32.5 Å². The van der Waals surface area contributed by atoms with Crippen LogP contribution in [0.25, 0.3) is 0 Å². The molecular weight excluding hydrogens is 290 g/mol. The van der Waals surface area contributed by atoms with Crippen LogP contribution in [0.1, 0.15) is 23.9 Å². The maximum absolute atomic E-state index is 11.4. The fourth-order valence-corrected chi connectivity index (χ4v) is 3.88. The van der Waals surface area contributed by atoms with E-state index in [1.807, 2.05) is 11.6 Å².